The predicted molar refractivity (Wildman–Crippen MR) is 112 cm³/mol. The Hall–Kier alpha value is -3.65. The fourth-order valence-electron chi connectivity index (χ4n) is 3.55. The molecule has 2 amide bonds. The van der Waals surface area contributed by atoms with Gasteiger partial charge < -0.3 is 30.4 Å². The van der Waals surface area contributed by atoms with E-state index in [-0.39, 0.29) is 30.0 Å². The molecule has 164 valence electrons. The van der Waals surface area contributed by atoms with E-state index in [2.05, 4.69) is 20.0 Å². The number of aromatic nitrogens is 2. The van der Waals surface area contributed by atoms with Gasteiger partial charge in [-0.1, -0.05) is 0 Å². The molecule has 0 saturated carbocycles. The SMILES string of the molecule is COC1(C)CCN(c2c(C#N)c(=O)[nH]c3cnc(C(=O)NCCOC(N)=O)cc23)CC1. The lowest BCUT2D eigenvalue weighted by Crippen LogP contribution is -2.44. The van der Waals surface area contributed by atoms with Crippen LogP contribution >= 0.6 is 0 Å². The number of hydrogen-bond donors (Lipinski definition) is 3. The number of rotatable bonds is 6. The molecule has 0 bridgehead atoms. The van der Waals surface area contributed by atoms with E-state index in [0.717, 1.165) is 12.8 Å². The Morgan fingerprint density at radius 1 is 1.42 bits per heavy atom. The molecule has 3 rings (SSSR count). The van der Waals surface area contributed by atoms with Crippen molar-refractivity contribution in [1.29, 1.82) is 5.26 Å². The Balaban J connectivity index is 1.95. The van der Waals surface area contributed by atoms with Crippen LogP contribution in [0.4, 0.5) is 10.5 Å². The number of nitrogens with two attached hydrogens (primary N) is 1. The van der Waals surface area contributed by atoms with Crippen LogP contribution in [-0.4, -0.2) is 60.9 Å². The number of amides is 2. The Bertz CT molecular complexity index is 1100. The second-order valence-corrected chi connectivity index (χ2v) is 7.47. The monoisotopic (exact) mass is 428 g/mol. The van der Waals surface area contributed by atoms with Crippen molar-refractivity contribution in [2.45, 2.75) is 25.4 Å². The maximum Gasteiger partial charge on any atom is 0.404 e. The zero-order chi connectivity index (χ0) is 22.6. The minimum atomic E-state index is -0.929. The average molecular weight is 428 g/mol. The van der Waals surface area contributed by atoms with Crippen LogP contribution in [0, 0.1) is 11.3 Å². The molecule has 0 unspecified atom stereocenters. The van der Waals surface area contributed by atoms with Crippen LogP contribution in [0.3, 0.4) is 0 Å². The van der Waals surface area contributed by atoms with Gasteiger partial charge in [-0.05, 0) is 25.8 Å². The van der Waals surface area contributed by atoms with E-state index in [1.807, 2.05) is 17.9 Å². The lowest BCUT2D eigenvalue weighted by Gasteiger charge is -2.40. The number of piperidine rings is 1. The van der Waals surface area contributed by atoms with Crippen LogP contribution in [-0.2, 0) is 9.47 Å². The lowest BCUT2D eigenvalue weighted by atomic mass is 9.92. The number of carbonyl (C=O) groups excluding carboxylic acids is 2. The molecule has 0 radical (unpaired) electrons. The van der Waals surface area contributed by atoms with Gasteiger partial charge in [0.25, 0.3) is 11.5 Å². The molecule has 1 fully saturated rings. The minimum absolute atomic E-state index is 0.0130. The van der Waals surface area contributed by atoms with Gasteiger partial charge in [-0.2, -0.15) is 5.26 Å². The Morgan fingerprint density at radius 3 is 2.74 bits per heavy atom. The third-order valence-electron chi connectivity index (χ3n) is 5.48. The highest BCUT2D eigenvalue weighted by molar-refractivity contribution is 6.00. The molecule has 0 aromatic carbocycles. The first-order valence-electron chi connectivity index (χ1n) is 9.74. The summed E-state index contributed by atoms with van der Waals surface area (Å²) in [5, 5.41) is 12.8. The summed E-state index contributed by atoms with van der Waals surface area (Å²) in [6.45, 7) is 3.19. The minimum Gasteiger partial charge on any atom is -0.448 e. The van der Waals surface area contributed by atoms with Crippen LogP contribution in [0.5, 0.6) is 0 Å². The standard InChI is InChI=1S/C20H24N6O5/c1-20(30-2)3-6-26(7-4-20)16-12-9-14(18(28)23-5-8-31-19(22)29)24-11-15(12)25-17(27)13(16)10-21/h9,11H,3-8H2,1-2H3,(H2,22,29)(H,23,28)(H,25,27). The number of hydrogen-bond acceptors (Lipinski definition) is 8. The van der Waals surface area contributed by atoms with Crippen molar-refractivity contribution in [3.05, 3.63) is 33.9 Å². The molecule has 0 atom stereocenters. The summed E-state index contributed by atoms with van der Waals surface area (Å²) in [6, 6.07) is 3.53. The molecule has 4 N–H and O–H groups in total. The van der Waals surface area contributed by atoms with E-state index in [9.17, 15) is 19.6 Å². The molecule has 1 aliphatic heterocycles. The van der Waals surface area contributed by atoms with E-state index in [0.29, 0.717) is 29.7 Å². The van der Waals surface area contributed by atoms with Crippen molar-refractivity contribution < 1.29 is 19.1 Å². The van der Waals surface area contributed by atoms with E-state index in [4.69, 9.17) is 10.5 Å². The molecule has 0 aliphatic carbocycles. The zero-order valence-corrected chi connectivity index (χ0v) is 17.4. The summed E-state index contributed by atoms with van der Waals surface area (Å²) >= 11 is 0. The van der Waals surface area contributed by atoms with Gasteiger partial charge in [0.2, 0.25) is 0 Å². The van der Waals surface area contributed by atoms with Crippen molar-refractivity contribution in [3.8, 4) is 6.07 Å². The van der Waals surface area contributed by atoms with Gasteiger partial charge in [0.1, 0.15) is 23.9 Å². The van der Waals surface area contributed by atoms with Crippen LogP contribution in [0.25, 0.3) is 10.9 Å². The third kappa shape index (κ3) is 4.75. The predicted octanol–water partition coefficient (Wildman–Crippen LogP) is 0.625. The van der Waals surface area contributed by atoms with Gasteiger partial charge in [0.05, 0.1) is 29.5 Å². The molecule has 3 heterocycles. The van der Waals surface area contributed by atoms with Crippen molar-refractivity contribution in [2.24, 2.45) is 5.73 Å². The molecule has 2 aromatic rings. The number of H-pyrrole nitrogens is 1. The first-order chi connectivity index (χ1) is 14.8. The quantitative estimate of drug-likeness (QED) is 0.564. The van der Waals surface area contributed by atoms with Crippen LogP contribution in [0.2, 0.25) is 0 Å². The van der Waals surface area contributed by atoms with Crippen LogP contribution in [0.1, 0.15) is 35.8 Å². The van der Waals surface area contributed by atoms with E-state index < -0.39 is 17.6 Å². The van der Waals surface area contributed by atoms with Gasteiger partial charge in [-0.15, -0.1) is 0 Å². The van der Waals surface area contributed by atoms with Gasteiger partial charge in [0.15, 0.2) is 0 Å². The summed E-state index contributed by atoms with van der Waals surface area (Å²) in [5.41, 5.74) is 5.10. The van der Waals surface area contributed by atoms with Gasteiger partial charge >= 0.3 is 6.09 Å². The van der Waals surface area contributed by atoms with Gasteiger partial charge in [-0.3, -0.25) is 9.59 Å². The molecule has 11 heteroatoms. The van der Waals surface area contributed by atoms with Gasteiger partial charge in [-0.25, -0.2) is 9.78 Å². The number of anilines is 1. The van der Waals surface area contributed by atoms with Crippen LogP contribution < -0.4 is 21.5 Å². The summed E-state index contributed by atoms with van der Waals surface area (Å²) < 4.78 is 10.2. The zero-order valence-electron chi connectivity index (χ0n) is 17.4. The summed E-state index contributed by atoms with van der Waals surface area (Å²) in [7, 11) is 1.67. The number of carbonyl (C=O) groups is 2. The number of fused-ring (bicyclic) bond motifs is 1. The van der Waals surface area contributed by atoms with E-state index in [1.165, 1.54) is 12.3 Å². The summed E-state index contributed by atoms with van der Waals surface area (Å²) in [4.78, 5) is 44.3. The number of aromatic amines is 1. The first kappa shape index (κ1) is 22.0. The summed E-state index contributed by atoms with van der Waals surface area (Å²) in [5.74, 6) is -0.490. The maximum absolute atomic E-state index is 12.5. The third-order valence-corrected chi connectivity index (χ3v) is 5.48. The van der Waals surface area contributed by atoms with Gasteiger partial charge in [0, 0.05) is 25.6 Å². The van der Waals surface area contributed by atoms with Crippen molar-refractivity contribution in [2.75, 3.05) is 38.3 Å². The lowest BCUT2D eigenvalue weighted by molar-refractivity contribution is -0.0132. The topological polar surface area (TPSA) is 163 Å². The Morgan fingerprint density at radius 2 is 2.13 bits per heavy atom. The fraction of sp³-hybridized carbons (Fsp3) is 0.450. The van der Waals surface area contributed by atoms with E-state index in [1.54, 1.807) is 7.11 Å². The second-order valence-electron chi connectivity index (χ2n) is 7.47. The normalized spacial score (nSPS) is 15.3. The Kier molecular flexibility index (Phi) is 6.41. The highest BCUT2D eigenvalue weighted by Gasteiger charge is 2.32. The number of pyridine rings is 2. The molecule has 2 aromatic heterocycles. The molecule has 0 spiro atoms. The molecule has 11 nitrogen and oxygen atoms in total. The van der Waals surface area contributed by atoms with Crippen molar-refractivity contribution in [1.82, 2.24) is 15.3 Å². The fourth-order valence-corrected chi connectivity index (χ4v) is 3.55. The number of methoxy groups -OCH3 is 1. The number of nitriles is 1. The molecule has 1 aliphatic rings. The molecular weight excluding hydrogens is 404 g/mol. The maximum atomic E-state index is 12.5. The highest BCUT2D eigenvalue weighted by Crippen LogP contribution is 2.33. The Labute approximate surface area is 178 Å². The highest BCUT2D eigenvalue weighted by atomic mass is 16.5. The number of nitrogens with zero attached hydrogens (tertiary/aromatic N) is 3. The average Bonchev–Trinajstić information content (AvgIpc) is 2.76. The number of ether oxygens (including phenoxy) is 2. The smallest absolute Gasteiger partial charge is 0.404 e. The first-order valence-corrected chi connectivity index (χ1v) is 9.74. The van der Waals surface area contributed by atoms with Crippen molar-refractivity contribution >= 4 is 28.6 Å². The number of nitrogens with one attached hydrogen (secondary N) is 2. The molecule has 1 saturated heterocycles. The van der Waals surface area contributed by atoms with E-state index >= 15 is 0 Å². The molecule has 31 heavy (non-hydrogen) atoms. The van der Waals surface area contributed by atoms with Crippen LogP contribution in [0.15, 0.2) is 17.1 Å². The largest absolute Gasteiger partial charge is 0.448 e. The molecular formula is C20H24N6O5. The second kappa shape index (κ2) is 9.01. The van der Waals surface area contributed by atoms with Crippen molar-refractivity contribution in [3.63, 3.8) is 0 Å². The number of primary amides is 1. The summed E-state index contributed by atoms with van der Waals surface area (Å²) in [6.07, 6.45) is 1.91.